The number of benzene rings is 3. The molecular formula is C28H22Cl2N2O2S. The maximum atomic E-state index is 10.2. The Morgan fingerprint density at radius 3 is 2.17 bits per heavy atom. The van der Waals surface area contributed by atoms with Gasteiger partial charge in [0.05, 0.1) is 25.5 Å². The van der Waals surface area contributed by atoms with E-state index < -0.39 is 0 Å². The van der Waals surface area contributed by atoms with Crippen molar-refractivity contribution in [3.8, 4) is 40.0 Å². The molecule has 0 aliphatic rings. The SMILES string of the molecule is COc1ccc(-c2cc(-c3ccc(C)cc3)nc(SCc3c(Cl)cccc3Cl)c2C#N)cc1OC. The first-order chi connectivity index (χ1) is 16.9. The van der Waals surface area contributed by atoms with Crippen LogP contribution in [0.3, 0.4) is 0 Å². The summed E-state index contributed by atoms with van der Waals surface area (Å²) in [6.07, 6.45) is 0. The molecule has 35 heavy (non-hydrogen) atoms. The number of aromatic nitrogens is 1. The van der Waals surface area contributed by atoms with E-state index in [4.69, 9.17) is 37.7 Å². The van der Waals surface area contributed by atoms with Gasteiger partial charge in [0.1, 0.15) is 11.1 Å². The molecule has 0 saturated carbocycles. The molecule has 0 unspecified atom stereocenters. The summed E-state index contributed by atoms with van der Waals surface area (Å²) in [6.45, 7) is 2.04. The molecule has 0 N–H and O–H groups in total. The molecular weight excluding hydrogens is 499 g/mol. The van der Waals surface area contributed by atoms with E-state index in [1.807, 2.05) is 61.5 Å². The average Bonchev–Trinajstić information content (AvgIpc) is 2.87. The van der Waals surface area contributed by atoms with E-state index in [0.717, 1.165) is 33.5 Å². The summed E-state index contributed by atoms with van der Waals surface area (Å²) in [7, 11) is 3.18. The second kappa shape index (κ2) is 11.0. The molecule has 176 valence electrons. The molecule has 0 atom stereocenters. The van der Waals surface area contributed by atoms with Gasteiger partial charge in [-0.05, 0) is 48.4 Å². The molecule has 3 aromatic carbocycles. The van der Waals surface area contributed by atoms with Crippen LogP contribution in [0.4, 0.5) is 0 Å². The fourth-order valence-electron chi connectivity index (χ4n) is 3.65. The molecule has 4 nitrogen and oxygen atoms in total. The fourth-order valence-corrected chi connectivity index (χ4v) is 5.39. The van der Waals surface area contributed by atoms with E-state index in [1.54, 1.807) is 26.4 Å². The van der Waals surface area contributed by atoms with Crippen molar-refractivity contribution in [3.05, 3.63) is 93.5 Å². The zero-order valence-electron chi connectivity index (χ0n) is 19.4. The molecule has 0 bridgehead atoms. The Morgan fingerprint density at radius 1 is 0.886 bits per heavy atom. The highest BCUT2D eigenvalue weighted by molar-refractivity contribution is 7.98. The summed E-state index contributed by atoms with van der Waals surface area (Å²) in [5.74, 6) is 1.67. The van der Waals surface area contributed by atoms with Crippen molar-refractivity contribution in [2.75, 3.05) is 14.2 Å². The van der Waals surface area contributed by atoms with Crippen LogP contribution in [0.5, 0.6) is 11.5 Å². The normalized spacial score (nSPS) is 10.6. The monoisotopic (exact) mass is 520 g/mol. The van der Waals surface area contributed by atoms with Crippen molar-refractivity contribution in [1.29, 1.82) is 5.26 Å². The molecule has 0 fully saturated rings. The van der Waals surface area contributed by atoms with E-state index >= 15 is 0 Å². The Hall–Kier alpha value is -3.17. The topological polar surface area (TPSA) is 55.1 Å². The lowest BCUT2D eigenvalue weighted by Gasteiger charge is -2.15. The van der Waals surface area contributed by atoms with Crippen LogP contribution in [0.25, 0.3) is 22.4 Å². The number of hydrogen-bond donors (Lipinski definition) is 0. The van der Waals surface area contributed by atoms with E-state index in [-0.39, 0.29) is 0 Å². The Balaban J connectivity index is 1.87. The number of nitriles is 1. The molecule has 0 spiro atoms. The van der Waals surface area contributed by atoms with Gasteiger partial charge >= 0.3 is 0 Å². The Labute approximate surface area is 219 Å². The van der Waals surface area contributed by atoms with E-state index in [1.165, 1.54) is 11.8 Å². The predicted molar refractivity (Wildman–Crippen MR) is 144 cm³/mol. The molecule has 1 heterocycles. The molecule has 0 aliphatic carbocycles. The number of aryl methyl sites for hydroxylation is 1. The molecule has 4 aromatic rings. The average molecular weight is 521 g/mol. The van der Waals surface area contributed by atoms with E-state index in [9.17, 15) is 5.26 Å². The number of thioether (sulfide) groups is 1. The third-order valence-electron chi connectivity index (χ3n) is 5.55. The maximum Gasteiger partial charge on any atom is 0.161 e. The summed E-state index contributed by atoms with van der Waals surface area (Å²) >= 11 is 14.2. The van der Waals surface area contributed by atoms with Gasteiger partial charge in [0.15, 0.2) is 11.5 Å². The summed E-state index contributed by atoms with van der Waals surface area (Å²) in [5.41, 5.74) is 5.74. The lowest BCUT2D eigenvalue weighted by molar-refractivity contribution is 0.355. The van der Waals surface area contributed by atoms with Crippen LogP contribution in [0.2, 0.25) is 10.0 Å². The van der Waals surface area contributed by atoms with Gasteiger partial charge in [-0.25, -0.2) is 4.98 Å². The van der Waals surface area contributed by atoms with Gasteiger partial charge in [-0.3, -0.25) is 0 Å². The van der Waals surface area contributed by atoms with Crippen molar-refractivity contribution < 1.29 is 9.47 Å². The van der Waals surface area contributed by atoms with Crippen LogP contribution >= 0.6 is 35.0 Å². The fraction of sp³-hybridized carbons (Fsp3) is 0.143. The molecule has 0 aliphatic heterocycles. The minimum Gasteiger partial charge on any atom is -0.493 e. The van der Waals surface area contributed by atoms with Gasteiger partial charge in [-0.15, -0.1) is 11.8 Å². The molecule has 4 rings (SSSR count). The summed E-state index contributed by atoms with van der Waals surface area (Å²) in [6, 6.07) is 23.5. The number of ether oxygens (including phenoxy) is 2. The lowest BCUT2D eigenvalue weighted by atomic mass is 9.98. The van der Waals surface area contributed by atoms with E-state index in [2.05, 4.69) is 6.07 Å². The number of rotatable bonds is 7. The summed E-state index contributed by atoms with van der Waals surface area (Å²) in [4.78, 5) is 4.88. The van der Waals surface area contributed by atoms with Gasteiger partial charge in [0.25, 0.3) is 0 Å². The Morgan fingerprint density at radius 2 is 1.54 bits per heavy atom. The van der Waals surface area contributed by atoms with E-state index in [0.29, 0.717) is 37.9 Å². The number of hydrogen-bond acceptors (Lipinski definition) is 5. The van der Waals surface area contributed by atoms with Crippen LogP contribution in [0.15, 0.2) is 71.8 Å². The van der Waals surface area contributed by atoms with Crippen molar-refractivity contribution in [2.24, 2.45) is 0 Å². The van der Waals surface area contributed by atoms with Crippen LogP contribution in [-0.2, 0) is 5.75 Å². The third kappa shape index (κ3) is 5.41. The van der Waals surface area contributed by atoms with Gasteiger partial charge in [0.2, 0.25) is 0 Å². The Bertz CT molecular complexity index is 1400. The zero-order valence-corrected chi connectivity index (χ0v) is 21.8. The molecule has 7 heteroatoms. The summed E-state index contributed by atoms with van der Waals surface area (Å²) < 4.78 is 10.9. The molecule has 1 aromatic heterocycles. The lowest BCUT2D eigenvalue weighted by Crippen LogP contribution is -1.98. The quantitative estimate of drug-likeness (QED) is 0.229. The van der Waals surface area contributed by atoms with Gasteiger partial charge < -0.3 is 9.47 Å². The van der Waals surface area contributed by atoms with Crippen LogP contribution in [-0.4, -0.2) is 19.2 Å². The van der Waals surface area contributed by atoms with Crippen LogP contribution < -0.4 is 9.47 Å². The van der Waals surface area contributed by atoms with Crippen molar-refractivity contribution in [2.45, 2.75) is 17.7 Å². The van der Waals surface area contributed by atoms with Crippen molar-refractivity contribution >= 4 is 35.0 Å². The van der Waals surface area contributed by atoms with Crippen LogP contribution in [0, 0.1) is 18.3 Å². The minimum atomic E-state index is 0.473. The third-order valence-corrected chi connectivity index (χ3v) is 7.26. The molecule has 0 saturated heterocycles. The number of nitrogens with zero attached hydrogens (tertiary/aromatic N) is 2. The standard InChI is InChI=1S/C28H22Cl2N2O2S/c1-17-7-9-18(10-8-17)25-14-20(19-11-12-26(33-2)27(13-19)34-3)21(15-31)28(32-25)35-16-22-23(29)5-4-6-24(22)30/h4-14H,16H2,1-3H3. The smallest absolute Gasteiger partial charge is 0.161 e. The Kier molecular flexibility index (Phi) is 7.87. The highest BCUT2D eigenvalue weighted by Gasteiger charge is 2.18. The number of pyridine rings is 1. The second-order valence-corrected chi connectivity index (χ2v) is 9.55. The summed E-state index contributed by atoms with van der Waals surface area (Å²) in [5, 5.41) is 11.9. The number of methoxy groups -OCH3 is 2. The molecule has 0 radical (unpaired) electrons. The largest absolute Gasteiger partial charge is 0.493 e. The van der Waals surface area contributed by atoms with Crippen molar-refractivity contribution in [1.82, 2.24) is 4.98 Å². The van der Waals surface area contributed by atoms with Gasteiger partial charge in [-0.2, -0.15) is 5.26 Å². The first-order valence-corrected chi connectivity index (χ1v) is 12.5. The predicted octanol–water partition coefficient (Wildman–Crippen LogP) is 8.21. The van der Waals surface area contributed by atoms with Gasteiger partial charge in [0, 0.05) is 26.9 Å². The molecule has 0 amide bonds. The van der Waals surface area contributed by atoms with Crippen molar-refractivity contribution in [3.63, 3.8) is 0 Å². The highest BCUT2D eigenvalue weighted by Crippen LogP contribution is 2.39. The minimum absolute atomic E-state index is 0.473. The number of halogens is 2. The first-order valence-electron chi connectivity index (χ1n) is 10.8. The van der Waals surface area contributed by atoms with Crippen LogP contribution in [0.1, 0.15) is 16.7 Å². The maximum absolute atomic E-state index is 10.2. The highest BCUT2D eigenvalue weighted by atomic mass is 35.5. The second-order valence-electron chi connectivity index (χ2n) is 7.77. The first kappa shape index (κ1) is 24.9. The van der Waals surface area contributed by atoms with Gasteiger partial charge in [-0.1, -0.05) is 65.2 Å². The zero-order chi connectivity index (χ0) is 24.9.